The first kappa shape index (κ1) is 12.7. The molecule has 0 amide bonds. The molecule has 0 radical (unpaired) electrons. The van der Waals surface area contributed by atoms with Crippen molar-refractivity contribution in [3.63, 3.8) is 0 Å². The summed E-state index contributed by atoms with van der Waals surface area (Å²) < 4.78 is 1.65. The van der Waals surface area contributed by atoms with Crippen molar-refractivity contribution in [2.75, 3.05) is 0 Å². The molecule has 1 heterocycles. The minimum absolute atomic E-state index is 0.0420. The fourth-order valence-corrected chi connectivity index (χ4v) is 1.98. The molecular formula is C13H19N3O2. The van der Waals surface area contributed by atoms with E-state index in [0.29, 0.717) is 5.69 Å². The second kappa shape index (κ2) is 4.48. The monoisotopic (exact) mass is 249 g/mol. The third kappa shape index (κ3) is 2.39. The molecule has 0 atom stereocenters. The summed E-state index contributed by atoms with van der Waals surface area (Å²) in [5, 5.41) is 4.07. The zero-order valence-electron chi connectivity index (χ0n) is 11.3. The number of nitrogens with zero attached hydrogens (tertiary/aromatic N) is 2. The molecule has 0 fully saturated rings. The van der Waals surface area contributed by atoms with E-state index in [-0.39, 0.29) is 5.41 Å². The molecule has 5 heteroatoms. The normalized spacial score (nSPS) is 17.4. The van der Waals surface area contributed by atoms with Crippen LogP contribution in [0.3, 0.4) is 0 Å². The molecule has 0 bridgehead atoms. The number of carbonyl (C=O) groups is 1. The summed E-state index contributed by atoms with van der Waals surface area (Å²) in [5.74, 6) is -0.456. The van der Waals surface area contributed by atoms with Gasteiger partial charge in [0, 0.05) is 18.2 Å². The smallest absolute Gasteiger partial charge is 0.337 e. The second-order valence-corrected chi connectivity index (χ2v) is 5.33. The number of nitrogens with one attached hydrogen (secondary N) is 1. The summed E-state index contributed by atoms with van der Waals surface area (Å²) in [7, 11) is 1.79. The number of hydrogen-bond acceptors (Lipinski definition) is 4. The van der Waals surface area contributed by atoms with Crippen LogP contribution in [0.25, 0.3) is 0 Å². The van der Waals surface area contributed by atoms with Crippen LogP contribution in [-0.2, 0) is 11.9 Å². The molecule has 0 unspecified atom stereocenters. The highest BCUT2D eigenvalue weighted by atomic mass is 16.7. The molecule has 0 aliphatic heterocycles. The quantitative estimate of drug-likeness (QED) is 0.833. The summed E-state index contributed by atoms with van der Waals surface area (Å²) in [6.07, 6.45) is 4.14. The van der Waals surface area contributed by atoms with Gasteiger partial charge < -0.3 is 4.84 Å². The molecule has 98 valence electrons. The minimum atomic E-state index is -0.456. The summed E-state index contributed by atoms with van der Waals surface area (Å²) in [6, 6.07) is 1.71. The van der Waals surface area contributed by atoms with Gasteiger partial charge in [0.05, 0.1) is 5.70 Å². The van der Waals surface area contributed by atoms with Crippen LogP contribution >= 0.6 is 0 Å². The van der Waals surface area contributed by atoms with E-state index in [1.807, 2.05) is 6.92 Å². The highest BCUT2D eigenvalue weighted by Gasteiger charge is 2.28. The van der Waals surface area contributed by atoms with E-state index >= 15 is 0 Å². The molecule has 1 N–H and O–H groups in total. The maximum atomic E-state index is 11.8. The van der Waals surface area contributed by atoms with E-state index in [9.17, 15) is 4.79 Å². The van der Waals surface area contributed by atoms with Crippen molar-refractivity contribution in [2.24, 2.45) is 12.5 Å². The standard InChI is InChI=1S/C13H19N3O2/c1-9-8-10(14-16(9)4)12(17)18-15-11-6-5-7-13(11,2)3/h6,8,15H,5,7H2,1-4H3. The van der Waals surface area contributed by atoms with Gasteiger partial charge in [-0.3, -0.25) is 4.68 Å². The zero-order chi connectivity index (χ0) is 13.3. The van der Waals surface area contributed by atoms with Gasteiger partial charge in [0.25, 0.3) is 0 Å². The van der Waals surface area contributed by atoms with Crippen LogP contribution in [-0.4, -0.2) is 15.7 Å². The molecule has 0 saturated carbocycles. The number of allylic oxidation sites excluding steroid dienone is 2. The van der Waals surface area contributed by atoms with Gasteiger partial charge in [-0.15, -0.1) is 0 Å². The summed E-state index contributed by atoms with van der Waals surface area (Å²) in [6.45, 7) is 6.13. The summed E-state index contributed by atoms with van der Waals surface area (Å²) in [5.41, 5.74) is 5.00. The Labute approximate surface area is 107 Å². The van der Waals surface area contributed by atoms with Gasteiger partial charge in [-0.25, -0.2) is 10.3 Å². The molecule has 1 aliphatic carbocycles. The summed E-state index contributed by atoms with van der Waals surface area (Å²) in [4.78, 5) is 16.9. The van der Waals surface area contributed by atoms with Gasteiger partial charge >= 0.3 is 5.97 Å². The summed E-state index contributed by atoms with van der Waals surface area (Å²) >= 11 is 0. The number of carbonyl (C=O) groups excluding carboxylic acids is 1. The van der Waals surface area contributed by atoms with Crippen LogP contribution in [0.4, 0.5) is 0 Å². The van der Waals surface area contributed by atoms with E-state index in [1.54, 1.807) is 17.8 Å². The van der Waals surface area contributed by atoms with E-state index in [0.717, 1.165) is 24.2 Å². The van der Waals surface area contributed by atoms with Crippen LogP contribution in [0.5, 0.6) is 0 Å². The molecule has 1 aromatic rings. The van der Waals surface area contributed by atoms with E-state index in [2.05, 4.69) is 30.5 Å². The lowest BCUT2D eigenvalue weighted by atomic mass is 9.90. The number of hydroxylamine groups is 1. The first-order valence-corrected chi connectivity index (χ1v) is 6.08. The molecule has 1 aliphatic rings. The Balaban J connectivity index is 1.97. The van der Waals surface area contributed by atoms with Crippen molar-refractivity contribution >= 4 is 5.97 Å². The first-order valence-electron chi connectivity index (χ1n) is 6.08. The van der Waals surface area contributed by atoms with E-state index in [4.69, 9.17) is 4.84 Å². The second-order valence-electron chi connectivity index (χ2n) is 5.33. The number of rotatable bonds is 3. The molecule has 2 rings (SSSR count). The Bertz CT molecular complexity index is 481. The Morgan fingerprint density at radius 3 is 2.78 bits per heavy atom. The SMILES string of the molecule is Cc1cc(C(=O)ONC2=CCCC2(C)C)nn1C. The van der Waals surface area contributed by atoms with Crippen LogP contribution in [0.1, 0.15) is 42.9 Å². The molecule has 0 aromatic carbocycles. The van der Waals surface area contributed by atoms with Gasteiger partial charge in [-0.05, 0) is 25.8 Å². The number of aromatic nitrogens is 2. The fourth-order valence-electron chi connectivity index (χ4n) is 1.98. The largest absolute Gasteiger partial charge is 0.382 e. The molecule has 5 nitrogen and oxygen atoms in total. The first-order chi connectivity index (χ1) is 8.40. The fraction of sp³-hybridized carbons (Fsp3) is 0.538. The predicted octanol–water partition coefficient (Wildman–Crippen LogP) is 2.09. The topological polar surface area (TPSA) is 56.1 Å². The lowest BCUT2D eigenvalue weighted by molar-refractivity contribution is 0.0279. The highest BCUT2D eigenvalue weighted by molar-refractivity contribution is 5.87. The minimum Gasteiger partial charge on any atom is -0.337 e. The van der Waals surface area contributed by atoms with Crippen LogP contribution in [0, 0.1) is 12.3 Å². The average molecular weight is 249 g/mol. The van der Waals surface area contributed by atoms with Crippen LogP contribution in [0.2, 0.25) is 0 Å². The predicted molar refractivity (Wildman–Crippen MR) is 67.6 cm³/mol. The van der Waals surface area contributed by atoms with E-state index < -0.39 is 5.97 Å². The number of aryl methyl sites for hydroxylation is 2. The molecule has 0 saturated heterocycles. The van der Waals surface area contributed by atoms with Crippen LogP contribution in [0.15, 0.2) is 17.8 Å². The Kier molecular flexibility index (Phi) is 3.15. The van der Waals surface area contributed by atoms with Crippen molar-refractivity contribution in [1.82, 2.24) is 15.3 Å². The van der Waals surface area contributed by atoms with Gasteiger partial charge in [-0.2, -0.15) is 5.10 Å². The molecule has 1 aromatic heterocycles. The maximum absolute atomic E-state index is 11.8. The van der Waals surface area contributed by atoms with Crippen molar-refractivity contribution < 1.29 is 9.63 Å². The van der Waals surface area contributed by atoms with Crippen molar-refractivity contribution in [3.8, 4) is 0 Å². The third-order valence-electron chi connectivity index (χ3n) is 3.42. The Morgan fingerprint density at radius 2 is 2.28 bits per heavy atom. The lowest BCUT2D eigenvalue weighted by Crippen LogP contribution is -2.26. The van der Waals surface area contributed by atoms with Crippen molar-refractivity contribution in [3.05, 3.63) is 29.2 Å². The van der Waals surface area contributed by atoms with Gasteiger partial charge in [0.1, 0.15) is 0 Å². The van der Waals surface area contributed by atoms with Gasteiger partial charge in [0.15, 0.2) is 5.69 Å². The molecule has 18 heavy (non-hydrogen) atoms. The Morgan fingerprint density at radius 1 is 1.56 bits per heavy atom. The number of hydrogen-bond donors (Lipinski definition) is 1. The van der Waals surface area contributed by atoms with Gasteiger partial charge in [0.2, 0.25) is 0 Å². The Hall–Kier alpha value is -1.78. The van der Waals surface area contributed by atoms with Gasteiger partial charge in [-0.1, -0.05) is 19.9 Å². The highest BCUT2D eigenvalue weighted by Crippen LogP contribution is 2.36. The maximum Gasteiger partial charge on any atom is 0.382 e. The average Bonchev–Trinajstić information content (AvgIpc) is 2.79. The lowest BCUT2D eigenvalue weighted by Gasteiger charge is -2.22. The van der Waals surface area contributed by atoms with Crippen molar-refractivity contribution in [1.29, 1.82) is 0 Å². The van der Waals surface area contributed by atoms with Crippen molar-refractivity contribution in [2.45, 2.75) is 33.6 Å². The van der Waals surface area contributed by atoms with E-state index in [1.165, 1.54) is 0 Å². The molecule has 0 spiro atoms. The zero-order valence-corrected chi connectivity index (χ0v) is 11.3. The van der Waals surface area contributed by atoms with Crippen LogP contribution < -0.4 is 5.48 Å². The molecular weight excluding hydrogens is 230 g/mol. The third-order valence-corrected chi connectivity index (χ3v) is 3.42.